The predicted molar refractivity (Wildman–Crippen MR) is 129 cm³/mol. The van der Waals surface area contributed by atoms with Crippen molar-refractivity contribution in [2.45, 2.75) is 30.7 Å². The number of rotatable bonds is 7. The molecule has 2 amide bonds. The van der Waals surface area contributed by atoms with Crippen molar-refractivity contribution < 1.29 is 9.59 Å². The molecule has 1 aliphatic heterocycles. The summed E-state index contributed by atoms with van der Waals surface area (Å²) in [7, 11) is 0. The van der Waals surface area contributed by atoms with Crippen LogP contribution in [0, 0.1) is 0 Å². The van der Waals surface area contributed by atoms with E-state index in [-0.39, 0.29) is 28.5 Å². The zero-order valence-electron chi connectivity index (χ0n) is 17.0. The van der Waals surface area contributed by atoms with Gasteiger partial charge in [0.2, 0.25) is 5.91 Å². The van der Waals surface area contributed by atoms with Crippen molar-refractivity contribution in [3.8, 4) is 0 Å². The highest BCUT2D eigenvalue weighted by Gasteiger charge is 2.31. The summed E-state index contributed by atoms with van der Waals surface area (Å²) in [5, 5.41) is 5.50. The van der Waals surface area contributed by atoms with E-state index in [0.29, 0.717) is 6.42 Å². The van der Waals surface area contributed by atoms with Gasteiger partial charge in [-0.1, -0.05) is 94.4 Å². The van der Waals surface area contributed by atoms with E-state index in [0.717, 1.165) is 27.4 Å². The lowest BCUT2D eigenvalue weighted by Gasteiger charge is -2.25. The maximum Gasteiger partial charge on any atom is 0.286 e. The molecule has 158 valence electrons. The van der Waals surface area contributed by atoms with Gasteiger partial charge in [-0.25, -0.2) is 0 Å². The number of carbonyl (C=O) groups excluding carboxylic acids is 2. The maximum atomic E-state index is 12.0. The minimum Gasteiger partial charge on any atom is -0.300 e. The Hall–Kier alpha value is -2.41. The van der Waals surface area contributed by atoms with E-state index in [2.05, 4.69) is 82.0 Å². The van der Waals surface area contributed by atoms with E-state index in [1.165, 1.54) is 11.1 Å². The van der Waals surface area contributed by atoms with Crippen LogP contribution >= 0.6 is 27.7 Å². The first-order valence-corrected chi connectivity index (χ1v) is 11.8. The lowest BCUT2D eigenvalue weighted by atomic mass is 9.94. The van der Waals surface area contributed by atoms with Crippen molar-refractivity contribution in [1.29, 1.82) is 0 Å². The fourth-order valence-corrected chi connectivity index (χ4v) is 4.89. The molecule has 0 radical (unpaired) electrons. The molecule has 2 unspecified atom stereocenters. The van der Waals surface area contributed by atoms with Crippen LogP contribution in [0.1, 0.15) is 41.3 Å². The molecule has 0 saturated carbocycles. The summed E-state index contributed by atoms with van der Waals surface area (Å²) in [4.78, 5) is 23.5. The Morgan fingerprint density at radius 1 is 0.935 bits per heavy atom. The van der Waals surface area contributed by atoms with E-state index in [4.69, 9.17) is 0 Å². The molecular formula is C25H23BrN2O2S. The lowest BCUT2D eigenvalue weighted by molar-refractivity contribution is -0.118. The minimum atomic E-state index is -0.368. The number of thioether (sulfide) groups is 1. The highest BCUT2D eigenvalue weighted by molar-refractivity contribution is 9.10. The van der Waals surface area contributed by atoms with Crippen LogP contribution in [0.25, 0.3) is 0 Å². The van der Waals surface area contributed by atoms with Gasteiger partial charge in [-0.15, -0.1) is 0 Å². The SMILES string of the molecule is C[C@H](NC(c1ccccc1)c1cccc(CC2SC(=O)NC2=O)c1)c1ccc(Br)cc1. The summed E-state index contributed by atoms with van der Waals surface area (Å²) < 4.78 is 1.06. The topological polar surface area (TPSA) is 58.2 Å². The summed E-state index contributed by atoms with van der Waals surface area (Å²) in [5.74, 6) is -0.206. The Morgan fingerprint density at radius 2 is 1.65 bits per heavy atom. The molecule has 31 heavy (non-hydrogen) atoms. The van der Waals surface area contributed by atoms with Gasteiger partial charge in [0.1, 0.15) is 0 Å². The van der Waals surface area contributed by atoms with Gasteiger partial charge in [-0.2, -0.15) is 0 Å². The zero-order chi connectivity index (χ0) is 21.8. The number of nitrogens with one attached hydrogen (secondary N) is 2. The highest BCUT2D eigenvalue weighted by Crippen LogP contribution is 2.29. The molecule has 0 aromatic heterocycles. The molecule has 0 aliphatic carbocycles. The van der Waals surface area contributed by atoms with Gasteiger partial charge in [-0.05, 0) is 47.7 Å². The van der Waals surface area contributed by atoms with Crippen LogP contribution < -0.4 is 10.6 Å². The van der Waals surface area contributed by atoms with E-state index >= 15 is 0 Å². The molecule has 0 spiro atoms. The molecule has 2 N–H and O–H groups in total. The van der Waals surface area contributed by atoms with Gasteiger partial charge < -0.3 is 0 Å². The van der Waals surface area contributed by atoms with Gasteiger partial charge in [0, 0.05) is 10.5 Å². The lowest BCUT2D eigenvalue weighted by Crippen LogP contribution is -2.26. The van der Waals surface area contributed by atoms with Crippen molar-refractivity contribution in [1.82, 2.24) is 10.6 Å². The van der Waals surface area contributed by atoms with Gasteiger partial charge >= 0.3 is 0 Å². The molecule has 6 heteroatoms. The van der Waals surface area contributed by atoms with Crippen LogP contribution in [0.15, 0.2) is 83.3 Å². The molecule has 3 aromatic carbocycles. The normalized spacial score (nSPS) is 17.9. The average Bonchev–Trinajstić information content (AvgIpc) is 3.09. The first kappa shape index (κ1) is 21.8. The third-order valence-corrected chi connectivity index (χ3v) is 6.90. The number of carbonyl (C=O) groups is 2. The summed E-state index contributed by atoms with van der Waals surface area (Å²) in [6.07, 6.45) is 0.528. The van der Waals surface area contributed by atoms with Crippen LogP contribution in [0.3, 0.4) is 0 Å². The summed E-state index contributed by atoms with van der Waals surface area (Å²) in [6, 6.07) is 27.1. The van der Waals surface area contributed by atoms with E-state index < -0.39 is 0 Å². The third kappa shape index (κ3) is 5.45. The second kappa shape index (κ2) is 9.81. The average molecular weight is 495 g/mol. The van der Waals surface area contributed by atoms with Gasteiger partial charge in [-0.3, -0.25) is 20.2 Å². The third-order valence-electron chi connectivity index (χ3n) is 5.39. The van der Waals surface area contributed by atoms with Crippen LogP contribution in [-0.2, 0) is 11.2 Å². The molecular weight excluding hydrogens is 472 g/mol. The van der Waals surface area contributed by atoms with Crippen LogP contribution in [-0.4, -0.2) is 16.4 Å². The number of benzene rings is 3. The predicted octanol–water partition coefficient (Wildman–Crippen LogP) is 5.78. The first-order valence-electron chi connectivity index (χ1n) is 10.2. The van der Waals surface area contributed by atoms with Crippen LogP contribution in [0.2, 0.25) is 0 Å². The van der Waals surface area contributed by atoms with Crippen molar-refractivity contribution in [2.75, 3.05) is 0 Å². The summed E-state index contributed by atoms with van der Waals surface area (Å²) >= 11 is 4.57. The number of halogens is 1. The number of amides is 2. The smallest absolute Gasteiger partial charge is 0.286 e. The molecule has 1 saturated heterocycles. The number of hydrogen-bond donors (Lipinski definition) is 2. The quantitative estimate of drug-likeness (QED) is 0.436. The van der Waals surface area contributed by atoms with Gasteiger partial charge in [0.05, 0.1) is 11.3 Å². The molecule has 1 aliphatic rings. The summed E-state index contributed by atoms with van der Waals surface area (Å²) in [6.45, 7) is 2.16. The van der Waals surface area contributed by atoms with Crippen molar-refractivity contribution in [3.05, 3.63) is 106 Å². The van der Waals surface area contributed by atoms with E-state index in [9.17, 15) is 9.59 Å². The number of hydrogen-bond acceptors (Lipinski definition) is 4. The highest BCUT2D eigenvalue weighted by atomic mass is 79.9. The van der Waals surface area contributed by atoms with E-state index in [1.807, 2.05) is 30.3 Å². The van der Waals surface area contributed by atoms with Gasteiger partial charge in [0.15, 0.2) is 0 Å². The number of imide groups is 1. The maximum absolute atomic E-state index is 12.0. The summed E-state index contributed by atoms with van der Waals surface area (Å²) in [5.41, 5.74) is 4.55. The minimum absolute atomic E-state index is 0.00788. The Labute approximate surface area is 195 Å². The zero-order valence-corrected chi connectivity index (χ0v) is 19.4. The molecule has 0 bridgehead atoms. The fourth-order valence-electron chi connectivity index (χ4n) is 3.77. The van der Waals surface area contributed by atoms with Crippen molar-refractivity contribution in [2.24, 2.45) is 0 Å². The standard InChI is InChI=1S/C25H23BrN2O2S/c1-16(18-10-12-21(26)13-11-18)27-23(19-7-3-2-4-8-19)20-9-5-6-17(14-20)15-22-24(29)28-25(30)31-22/h2-14,16,22-23,27H,15H2,1H3,(H,28,29,30)/t16-,22?,23?/m0/s1. The Balaban J connectivity index is 1.60. The van der Waals surface area contributed by atoms with Crippen molar-refractivity contribution >= 4 is 38.8 Å². The molecule has 1 heterocycles. The Bertz CT molecular complexity index is 1070. The second-order valence-electron chi connectivity index (χ2n) is 7.62. The monoisotopic (exact) mass is 494 g/mol. The molecule has 1 fully saturated rings. The fraction of sp³-hybridized carbons (Fsp3) is 0.200. The van der Waals surface area contributed by atoms with E-state index in [1.54, 1.807) is 0 Å². The Kier molecular flexibility index (Phi) is 6.90. The van der Waals surface area contributed by atoms with Gasteiger partial charge in [0.25, 0.3) is 5.24 Å². The van der Waals surface area contributed by atoms with Crippen LogP contribution in [0.5, 0.6) is 0 Å². The Morgan fingerprint density at radius 3 is 2.32 bits per heavy atom. The van der Waals surface area contributed by atoms with Crippen LogP contribution in [0.4, 0.5) is 4.79 Å². The first-order chi connectivity index (χ1) is 15.0. The molecule has 4 nitrogen and oxygen atoms in total. The largest absolute Gasteiger partial charge is 0.300 e. The molecule has 3 aromatic rings. The second-order valence-corrected chi connectivity index (χ2v) is 9.71. The van der Waals surface area contributed by atoms with Crippen molar-refractivity contribution in [3.63, 3.8) is 0 Å². The molecule has 3 atom stereocenters. The molecule has 4 rings (SSSR count).